The number of carbonyl (C=O) groups is 1. The number of hydrogen-bond donors (Lipinski definition) is 2. The van der Waals surface area contributed by atoms with Crippen LogP contribution in [0.4, 0.5) is 0 Å². The smallest absolute Gasteiger partial charge is 0.255 e. The Kier molecular flexibility index (Phi) is 6.58. The zero-order chi connectivity index (χ0) is 12.7. The van der Waals surface area contributed by atoms with E-state index in [0.717, 1.165) is 29.1 Å². The summed E-state index contributed by atoms with van der Waals surface area (Å²) in [6, 6.07) is 4.81. The van der Waals surface area contributed by atoms with Gasteiger partial charge in [0.05, 0.1) is 5.56 Å². The summed E-state index contributed by atoms with van der Waals surface area (Å²) < 4.78 is 0.778. The molecule has 1 rings (SSSR count). The number of rotatable bonds is 6. The number of aromatic hydroxyl groups is 1. The van der Waals surface area contributed by atoms with Crippen LogP contribution in [0.5, 0.6) is 5.75 Å². The van der Waals surface area contributed by atoms with E-state index in [-0.39, 0.29) is 11.7 Å². The monoisotopic (exact) mass is 363 g/mol. The lowest BCUT2D eigenvalue weighted by Gasteiger charge is -2.07. The fourth-order valence-electron chi connectivity index (χ4n) is 1.38. The van der Waals surface area contributed by atoms with E-state index in [1.54, 1.807) is 12.1 Å². The highest BCUT2D eigenvalue weighted by atomic mass is 79.9. The molecule has 0 aliphatic rings. The molecule has 0 saturated carbocycles. The molecule has 1 amide bonds. The molecule has 0 aliphatic heterocycles. The Morgan fingerprint density at radius 1 is 1.29 bits per heavy atom. The Labute approximate surface area is 118 Å². The molecule has 3 nitrogen and oxygen atoms in total. The molecule has 1 aromatic rings. The molecule has 0 spiro atoms. The maximum atomic E-state index is 11.7. The molecule has 17 heavy (non-hydrogen) atoms. The number of benzene rings is 1. The second-order valence-electron chi connectivity index (χ2n) is 3.67. The van der Waals surface area contributed by atoms with Crippen LogP contribution in [0.2, 0.25) is 0 Å². The Morgan fingerprint density at radius 3 is 2.76 bits per heavy atom. The quantitative estimate of drug-likeness (QED) is 0.600. The van der Waals surface area contributed by atoms with Crippen molar-refractivity contribution in [2.75, 3.05) is 11.9 Å². The number of carbonyl (C=O) groups excluding carboxylic acids is 1. The van der Waals surface area contributed by atoms with Gasteiger partial charge in [-0.05, 0) is 31.0 Å². The maximum absolute atomic E-state index is 11.7. The number of amides is 1. The predicted octanol–water partition coefficient (Wildman–Crippen LogP) is 3.45. The minimum atomic E-state index is -0.234. The van der Waals surface area contributed by atoms with E-state index in [4.69, 9.17) is 0 Å². The Hall–Kier alpha value is -0.550. The Morgan fingerprint density at radius 2 is 2.06 bits per heavy atom. The highest BCUT2D eigenvalue weighted by molar-refractivity contribution is 9.10. The first-order chi connectivity index (χ1) is 8.15. The molecule has 2 N–H and O–H groups in total. The van der Waals surface area contributed by atoms with Crippen molar-refractivity contribution in [1.29, 1.82) is 0 Å². The standard InChI is InChI=1S/C12H15Br2NO2/c13-6-2-1-3-7-15-12(17)10-8-9(14)4-5-11(10)16/h4-5,8,16H,1-3,6-7H2,(H,15,17). The molecule has 5 heteroatoms. The van der Waals surface area contributed by atoms with Crippen LogP contribution in [-0.4, -0.2) is 22.9 Å². The lowest BCUT2D eigenvalue weighted by atomic mass is 10.2. The molecule has 0 saturated heterocycles. The van der Waals surface area contributed by atoms with E-state index in [2.05, 4.69) is 37.2 Å². The van der Waals surface area contributed by atoms with Gasteiger partial charge in [0.25, 0.3) is 5.91 Å². The number of nitrogens with one attached hydrogen (secondary N) is 1. The zero-order valence-electron chi connectivity index (χ0n) is 9.38. The summed E-state index contributed by atoms with van der Waals surface area (Å²) in [5.41, 5.74) is 0.305. The minimum Gasteiger partial charge on any atom is -0.507 e. The number of hydrogen-bond acceptors (Lipinski definition) is 2. The van der Waals surface area contributed by atoms with Gasteiger partial charge in [0, 0.05) is 16.3 Å². The van der Waals surface area contributed by atoms with Gasteiger partial charge in [0.1, 0.15) is 5.75 Å². The molecular formula is C12H15Br2NO2. The van der Waals surface area contributed by atoms with Gasteiger partial charge in [-0.15, -0.1) is 0 Å². The Bertz CT molecular complexity index is 383. The molecule has 0 aliphatic carbocycles. The summed E-state index contributed by atoms with van der Waals surface area (Å²) in [4.78, 5) is 11.7. The number of phenolic OH excluding ortho intramolecular Hbond substituents is 1. The summed E-state index contributed by atoms with van der Waals surface area (Å²) >= 11 is 6.63. The van der Waals surface area contributed by atoms with Gasteiger partial charge < -0.3 is 10.4 Å². The van der Waals surface area contributed by atoms with E-state index in [1.165, 1.54) is 6.07 Å². The van der Waals surface area contributed by atoms with Crippen molar-refractivity contribution in [3.05, 3.63) is 28.2 Å². The molecule has 0 unspecified atom stereocenters. The molecule has 0 heterocycles. The molecule has 0 atom stereocenters. The molecule has 0 radical (unpaired) electrons. The van der Waals surface area contributed by atoms with Crippen LogP contribution < -0.4 is 5.32 Å². The van der Waals surface area contributed by atoms with E-state index in [0.29, 0.717) is 12.1 Å². The van der Waals surface area contributed by atoms with Crippen molar-refractivity contribution in [2.24, 2.45) is 0 Å². The van der Waals surface area contributed by atoms with Gasteiger partial charge in [-0.1, -0.05) is 38.3 Å². The number of alkyl halides is 1. The van der Waals surface area contributed by atoms with Crippen LogP contribution in [0.15, 0.2) is 22.7 Å². The van der Waals surface area contributed by atoms with Crippen molar-refractivity contribution in [3.63, 3.8) is 0 Å². The van der Waals surface area contributed by atoms with Gasteiger partial charge in [0.2, 0.25) is 0 Å². The van der Waals surface area contributed by atoms with E-state index in [1.807, 2.05) is 0 Å². The van der Waals surface area contributed by atoms with E-state index in [9.17, 15) is 9.90 Å². The number of unbranched alkanes of at least 4 members (excludes halogenated alkanes) is 2. The normalized spacial score (nSPS) is 10.2. The summed E-state index contributed by atoms with van der Waals surface area (Å²) in [7, 11) is 0. The van der Waals surface area contributed by atoms with Gasteiger partial charge >= 0.3 is 0 Å². The molecule has 0 aromatic heterocycles. The molecule has 0 fully saturated rings. The van der Waals surface area contributed by atoms with Crippen molar-refractivity contribution < 1.29 is 9.90 Å². The van der Waals surface area contributed by atoms with Crippen LogP contribution in [0, 0.1) is 0 Å². The van der Waals surface area contributed by atoms with Crippen LogP contribution in [0.25, 0.3) is 0 Å². The predicted molar refractivity (Wildman–Crippen MR) is 75.8 cm³/mol. The zero-order valence-corrected chi connectivity index (χ0v) is 12.6. The summed E-state index contributed by atoms with van der Waals surface area (Å²) in [6.07, 6.45) is 3.14. The lowest BCUT2D eigenvalue weighted by Crippen LogP contribution is -2.24. The number of halogens is 2. The third kappa shape index (κ3) is 5.08. The molecule has 1 aromatic carbocycles. The van der Waals surface area contributed by atoms with Crippen LogP contribution in [0.1, 0.15) is 29.6 Å². The van der Waals surface area contributed by atoms with Crippen molar-refractivity contribution >= 4 is 37.8 Å². The second kappa shape index (κ2) is 7.71. The number of phenols is 1. The van der Waals surface area contributed by atoms with Crippen molar-refractivity contribution in [3.8, 4) is 5.75 Å². The van der Waals surface area contributed by atoms with Crippen molar-refractivity contribution in [1.82, 2.24) is 5.32 Å². The van der Waals surface area contributed by atoms with Gasteiger partial charge in [-0.25, -0.2) is 0 Å². The average Bonchev–Trinajstić information content (AvgIpc) is 2.32. The van der Waals surface area contributed by atoms with Crippen LogP contribution in [-0.2, 0) is 0 Å². The largest absolute Gasteiger partial charge is 0.507 e. The van der Waals surface area contributed by atoms with E-state index >= 15 is 0 Å². The fourth-order valence-corrected chi connectivity index (χ4v) is 2.14. The maximum Gasteiger partial charge on any atom is 0.255 e. The molecule has 0 bridgehead atoms. The Balaban J connectivity index is 2.44. The summed E-state index contributed by atoms with van der Waals surface area (Å²) in [6.45, 7) is 0.637. The van der Waals surface area contributed by atoms with Gasteiger partial charge in [-0.2, -0.15) is 0 Å². The topological polar surface area (TPSA) is 49.3 Å². The first-order valence-electron chi connectivity index (χ1n) is 5.48. The highest BCUT2D eigenvalue weighted by Gasteiger charge is 2.10. The average molecular weight is 365 g/mol. The van der Waals surface area contributed by atoms with Crippen molar-refractivity contribution in [2.45, 2.75) is 19.3 Å². The van der Waals surface area contributed by atoms with Gasteiger partial charge in [0.15, 0.2) is 0 Å². The third-order valence-electron chi connectivity index (χ3n) is 2.30. The first-order valence-corrected chi connectivity index (χ1v) is 7.39. The first kappa shape index (κ1) is 14.5. The molecular weight excluding hydrogens is 350 g/mol. The summed E-state index contributed by atoms with van der Waals surface area (Å²) in [5.74, 6) is -0.228. The lowest BCUT2D eigenvalue weighted by molar-refractivity contribution is 0.0950. The van der Waals surface area contributed by atoms with Crippen LogP contribution >= 0.6 is 31.9 Å². The minimum absolute atomic E-state index is 0.00570. The SMILES string of the molecule is O=C(NCCCCCBr)c1cc(Br)ccc1O. The van der Waals surface area contributed by atoms with Gasteiger partial charge in [-0.3, -0.25) is 4.79 Å². The molecule has 94 valence electrons. The third-order valence-corrected chi connectivity index (χ3v) is 3.35. The second-order valence-corrected chi connectivity index (χ2v) is 5.38. The fraction of sp³-hybridized carbons (Fsp3) is 0.417. The summed E-state index contributed by atoms with van der Waals surface area (Å²) in [5, 5.41) is 13.3. The van der Waals surface area contributed by atoms with Crippen LogP contribution in [0.3, 0.4) is 0 Å². The highest BCUT2D eigenvalue weighted by Crippen LogP contribution is 2.21. The van der Waals surface area contributed by atoms with E-state index < -0.39 is 0 Å².